The second-order valence-corrected chi connectivity index (χ2v) is 7.81. The van der Waals surface area contributed by atoms with Crippen LogP contribution in [0.5, 0.6) is 0 Å². The Morgan fingerprint density at radius 2 is 1.74 bits per heavy atom. The van der Waals surface area contributed by atoms with Crippen molar-refractivity contribution >= 4 is 17.7 Å². The number of nitrogens with two attached hydrogens (primary N) is 1. The maximum Gasteiger partial charge on any atom is 0.311 e. The molecule has 1 heterocycles. The van der Waals surface area contributed by atoms with Gasteiger partial charge >= 0.3 is 5.97 Å². The molecule has 9 heteroatoms. The molecule has 3 aromatic rings. The van der Waals surface area contributed by atoms with Gasteiger partial charge in [0.15, 0.2) is 18.2 Å². The minimum absolute atomic E-state index is 0.0380. The lowest BCUT2D eigenvalue weighted by Gasteiger charge is -2.23. The number of hydrogen-bond donors (Lipinski definition) is 3. The number of carbonyl (C=O) groups is 2. The lowest BCUT2D eigenvalue weighted by molar-refractivity contribution is -0.605. The zero-order valence-electron chi connectivity index (χ0n) is 18.8. The second kappa shape index (κ2) is 11.0. The molecule has 0 bridgehead atoms. The van der Waals surface area contributed by atoms with Crippen molar-refractivity contribution in [2.45, 2.75) is 19.4 Å². The number of hydrogen-bond acceptors (Lipinski definition) is 6. The van der Waals surface area contributed by atoms with E-state index in [0.29, 0.717) is 15.9 Å². The van der Waals surface area contributed by atoms with E-state index in [1.54, 1.807) is 61.5 Å². The van der Waals surface area contributed by atoms with Gasteiger partial charge in [0, 0.05) is 29.3 Å². The molecule has 1 aromatic heterocycles. The average Bonchev–Trinajstić information content (AvgIpc) is 2.87. The van der Waals surface area contributed by atoms with Gasteiger partial charge < -0.3 is 26.2 Å². The van der Waals surface area contributed by atoms with Crippen LogP contribution < -0.4 is 15.8 Å². The van der Waals surface area contributed by atoms with E-state index in [-0.39, 0.29) is 18.2 Å². The summed E-state index contributed by atoms with van der Waals surface area (Å²) in [6, 6.07) is 16.8. The van der Waals surface area contributed by atoms with Crippen molar-refractivity contribution in [2.75, 3.05) is 7.11 Å². The molecular formula is C25H26N4O5. The zero-order chi connectivity index (χ0) is 24.7. The third-order valence-corrected chi connectivity index (χ3v) is 5.53. The van der Waals surface area contributed by atoms with Crippen LogP contribution in [0.3, 0.4) is 0 Å². The van der Waals surface area contributed by atoms with Crippen LogP contribution >= 0.6 is 0 Å². The van der Waals surface area contributed by atoms with Crippen molar-refractivity contribution in [3.8, 4) is 11.1 Å². The molecule has 0 saturated carbocycles. The molecule has 2 aromatic carbocycles. The van der Waals surface area contributed by atoms with Crippen LogP contribution in [0.2, 0.25) is 0 Å². The van der Waals surface area contributed by atoms with E-state index < -0.39 is 17.9 Å². The topological polar surface area (TPSA) is 141 Å². The van der Waals surface area contributed by atoms with Gasteiger partial charge in [0.25, 0.3) is 5.91 Å². The molecule has 34 heavy (non-hydrogen) atoms. The standard InChI is InChI=1S/C25H26N4O5/c1-16(22(25(31)34-2)15-17-4-3-5-21(14-17)23(26)28-32)27-24(30)20-8-6-18(7-9-20)19-10-12-29(33)13-11-19/h3-14,16,22,32H,15H2,1-2H3,(H2,26,28)(H,27,30). The third kappa shape index (κ3) is 5.89. The molecule has 176 valence electrons. The van der Waals surface area contributed by atoms with Gasteiger partial charge in [-0.1, -0.05) is 35.5 Å². The number of nitrogens with one attached hydrogen (secondary N) is 1. The van der Waals surface area contributed by atoms with Crippen LogP contribution in [0, 0.1) is 11.1 Å². The van der Waals surface area contributed by atoms with Gasteiger partial charge in [0.2, 0.25) is 0 Å². The molecule has 0 aliphatic rings. The molecule has 9 nitrogen and oxygen atoms in total. The number of esters is 1. The first-order chi connectivity index (χ1) is 16.3. The van der Waals surface area contributed by atoms with Gasteiger partial charge in [-0.25, -0.2) is 0 Å². The molecule has 0 saturated heterocycles. The van der Waals surface area contributed by atoms with E-state index in [1.165, 1.54) is 19.5 Å². The normalized spacial score (nSPS) is 13.1. The highest BCUT2D eigenvalue weighted by Crippen LogP contribution is 2.20. The Morgan fingerprint density at radius 3 is 2.35 bits per heavy atom. The third-order valence-electron chi connectivity index (χ3n) is 5.53. The zero-order valence-corrected chi connectivity index (χ0v) is 18.8. The van der Waals surface area contributed by atoms with Crippen molar-refractivity contribution in [3.05, 3.63) is 95.0 Å². The van der Waals surface area contributed by atoms with Crippen LogP contribution in [0.15, 0.2) is 78.2 Å². The van der Waals surface area contributed by atoms with Crippen molar-refractivity contribution in [1.82, 2.24) is 5.32 Å². The van der Waals surface area contributed by atoms with E-state index in [4.69, 9.17) is 15.7 Å². The minimum atomic E-state index is -0.654. The van der Waals surface area contributed by atoms with Crippen molar-refractivity contribution in [1.29, 1.82) is 0 Å². The lowest BCUT2D eigenvalue weighted by atomic mass is 9.92. The summed E-state index contributed by atoms with van der Waals surface area (Å²) in [6.45, 7) is 1.74. The summed E-state index contributed by atoms with van der Waals surface area (Å²) < 4.78 is 5.67. The molecule has 4 N–H and O–H groups in total. The highest BCUT2D eigenvalue weighted by molar-refractivity contribution is 5.97. The van der Waals surface area contributed by atoms with Crippen LogP contribution in [-0.2, 0) is 16.0 Å². The molecule has 2 unspecified atom stereocenters. The summed E-state index contributed by atoms with van der Waals surface area (Å²) in [4.78, 5) is 25.3. The Labute approximate surface area is 197 Å². The van der Waals surface area contributed by atoms with Crippen LogP contribution in [-0.4, -0.2) is 36.1 Å². The van der Waals surface area contributed by atoms with E-state index in [0.717, 1.165) is 16.7 Å². The first-order valence-corrected chi connectivity index (χ1v) is 10.6. The first kappa shape index (κ1) is 24.2. The number of oxime groups is 1. The number of benzene rings is 2. The first-order valence-electron chi connectivity index (χ1n) is 10.6. The highest BCUT2D eigenvalue weighted by Gasteiger charge is 2.28. The maximum atomic E-state index is 12.8. The van der Waals surface area contributed by atoms with Gasteiger partial charge in [-0.15, -0.1) is 0 Å². The fourth-order valence-corrected chi connectivity index (χ4v) is 3.59. The smallest absolute Gasteiger partial charge is 0.311 e. The van der Waals surface area contributed by atoms with Gasteiger partial charge in [-0.3, -0.25) is 9.59 Å². The summed E-state index contributed by atoms with van der Waals surface area (Å²) in [5.41, 5.74) is 9.10. The van der Waals surface area contributed by atoms with Crippen molar-refractivity contribution in [2.24, 2.45) is 16.8 Å². The molecule has 0 fully saturated rings. The molecule has 0 aliphatic carbocycles. The number of amidine groups is 1. The summed E-state index contributed by atoms with van der Waals surface area (Å²) in [5.74, 6) is -1.48. The molecule has 2 atom stereocenters. The van der Waals surface area contributed by atoms with Gasteiger partial charge in [0.1, 0.15) is 0 Å². The fourth-order valence-electron chi connectivity index (χ4n) is 3.59. The number of ether oxygens (including phenoxy) is 1. The summed E-state index contributed by atoms with van der Waals surface area (Å²) >= 11 is 0. The van der Waals surface area contributed by atoms with E-state index >= 15 is 0 Å². The largest absolute Gasteiger partial charge is 0.619 e. The summed E-state index contributed by atoms with van der Waals surface area (Å²) in [7, 11) is 1.30. The summed E-state index contributed by atoms with van der Waals surface area (Å²) in [5, 5.41) is 26.0. The SMILES string of the molecule is COC(=O)C(Cc1cccc(/C(N)=N/O)c1)C(C)NC(=O)c1ccc(-c2cc[n+]([O-])cc2)cc1. The Morgan fingerprint density at radius 1 is 1.09 bits per heavy atom. The predicted octanol–water partition coefficient (Wildman–Crippen LogP) is 2.23. The number of carbonyl (C=O) groups excluding carboxylic acids is 2. The van der Waals surface area contributed by atoms with E-state index in [1.807, 2.05) is 6.07 Å². The number of methoxy groups -OCH3 is 1. The molecule has 0 radical (unpaired) electrons. The highest BCUT2D eigenvalue weighted by atomic mass is 16.5. The lowest BCUT2D eigenvalue weighted by Crippen LogP contribution is -2.42. The molecule has 1 amide bonds. The number of rotatable bonds is 8. The van der Waals surface area contributed by atoms with Crippen molar-refractivity contribution < 1.29 is 24.3 Å². The van der Waals surface area contributed by atoms with Crippen LogP contribution in [0.25, 0.3) is 11.1 Å². The molecular weight excluding hydrogens is 436 g/mol. The van der Waals surface area contributed by atoms with Crippen LogP contribution in [0.4, 0.5) is 0 Å². The number of aromatic nitrogens is 1. The van der Waals surface area contributed by atoms with E-state index in [9.17, 15) is 14.8 Å². The Hall–Kier alpha value is -4.40. The van der Waals surface area contributed by atoms with Crippen LogP contribution in [0.1, 0.15) is 28.4 Å². The molecule has 0 aliphatic heterocycles. The van der Waals surface area contributed by atoms with Gasteiger partial charge in [-0.05, 0) is 48.2 Å². The quantitative estimate of drug-likeness (QED) is 0.0892. The Kier molecular flexibility index (Phi) is 7.81. The maximum absolute atomic E-state index is 12.8. The predicted molar refractivity (Wildman–Crippen MR) is 126 cm³/mol. The number of amides is 1. The minimum Gasteiger partial charge on any atom is -0.619 e. The summed E-state index contributed by atoms with van der Waals surface area (Å²) in [6.07, 6.45) is 3.10. The monoisotopic (exact) mass is 462 g/mol. The Bertz CT molecular complexity index is 1180. The Balaban J connectivity index is 1.72. The van der Waals surface area contributed by atoms with Gasteiger partial charge in [0.05, 0.1) is 13.0 Å². The number of nitrogens with zero attached hydrogens (tertiary/aromatic N) is 2. The van der Waals surface area contributed by atoms with Crippen molar-refractivity contribution in [3.63, 3.8) is 0 Å². The average molecular weight is 463 g/mol. The molecule has 3 rings (SSSR count). The second-order valence-electron chi connectivity index (χ2n) is 7.81. The fraction of sp³-hybridized carbons (Fsp3) is 0.200. The van der Waals surface area contributed by atoms with Gasteiger partial charge in [-0.2, -0.15) is 4.73 Å². The van der Waals surface area contributed by atoms with E-state index in [2.05, 4.69) is 10.5 Å². The number of pyridine rings is 1. The molecule has 0 spiro atoms.